The second kappa shape index (κ2) is 6.10. The van der Waals surface area contributed by atoms with E-state index < -0.39 is 5.60 Å². The smallest absolute Gasteiger partial charge is 0.410 e. The van der Waals surface area contributed by atoms with E-state index in [1.165, 1.54) is 0 Å². The number of carbonyl (C=O) groups excluding carboxylic acids is 1. The van der Waals surface area contributed by atoms with Gasteiger partial charge in [-0.2, -0.15) is 0 Å². The molecule has 1 amide bonds. The van der Waals surface area contributed by atoms with Crippen LogP contribution in [0.15, 0.2) is 6.07 Å². The molecule has 1 fully saturated rings. The van der Waals surface area contributed by atoms with Gasteiger partial charge in [0.25, 0.3) is 0 Å². The van der Waals surface area contributed by atoms with Crippen molar-refractivity contribution in [2.24, 2.45) is 0 Å². The fraction of sp³-hybridized carbons (Fsp3) is 0.688. The van der Waals surface area contributed by atoms with Crippen molar-refractivity contribution in [2.45, 2.75) is 52.7 Å². The Morgan fingerprint density at radius 3 is 2.45 bits per heavy atom. The van der Waals surface area contributed by atoms with Gasteiger partial charge in [-0.15, -0.1) is 0 Å². The summed E-state index contributed by atoms with van der Waals surface area (Å²) in [5, 5.41) is 0. The van der Waals surface area contributed by atoms with E-state index in [1.54, 1.807) is 11.9 Å². The van der Waals surface area contributed by atoms with E-state index in [0.29, 0.717) is 0 Å². The molecule has 1 aliphatic rings. The van der Waals surface area contributed by atoms with Gasteiger partial charge in [0.15, 0.2) is 0 Å². The molecule has 0 N–H and O–H groups in total. The van der Waals surface area contributed by atoms with Gasteiger partial charge < -0.3 is 14.5 Å². The van der Waals surface area contributed by atoms with E-state index in [-0.39, 0.29) is 12.1 Å². The Morgan fingerprint density at radius 1 is 1.32 bits per heavy atom. The normalized spacial score (nSPS) is 18.5. The number of hydrogen-bond acceptors (Lipinski definition) is 5. The Morgan fingerprint density at radius 2 is 1.91 bits per heavy atom. The molecule has 1 unspecified atom stereocenters. The Hall–Kier alpha value is -1.85. The largest absolute Gasteiger partial charge is 0.444 e. The molecule has 1 saturated heterocycles. The molecule has 22 heavy (non-hydrogen) atoms. The summed E-state index contributed by atoms with van der Waals surface area (Å²) in [6, 6.07) is 2.09. The van der Waals surface area contributed by atoms with E-state index in [0.717, 1.165) is 36.8 Å². The summed E-state index contributed by atoms with van der Waals surface area (Å²) in [5.74, 6) is 0.748. The van der Waals surface area contributed by atoms with Crippen molar-refractivity contribution in [1.82, 2.24) is 14.9 Å². The standard InChI is InChI=1S/C16H26N4O2/c1-11-9-12(2)18-14(17-11)20-8-7-13(10-20)19(6)15(21)22-16(3,4)5/h9,13H,7-8,10H2,1-6H3. The van der Waals surface area contributed by atoms with Gasteiger partial charge in [-0.25, -0.2) is 14.8 Å². The van der Waals surface area contributed by atoms with Crippen molar-refractivity contribution < 1.29 is 9.53 Å². The van der Waals surface area contributed by atoms with Gasteiger partial charge in [0.2, 0.25) is 5.95 Å². The number of aryl methyl sites for hydroxylation is 2. The summed E-state index contributed by atoms with van der Waals surface area (Å²) < 4.78 is 5.43. The lowest BCUT2D eigenvalue weighted by Crippen LogP contribution is -2.42. The third-order valence-corrected chi connectivity index (χ3v) is 3.65. The Bertz CT molecular complexity index is 533. The zero-order chi connectivity index (χ0) is 16.5. The Kier molecular flexibility index (Phi) is 4.58. The quantitative estimate of drug-likeness (QED) is 0.840. The van der Waals surface area contributed by atoms with Gasteiger partial charge >= 0.3 is 6.09 Å². The topological polar surface area (TPSA) is 58.6 Å². The first-order valence-electron chi connectivity index (χ1n) is 7.69. The lowest BCUT2D eigenvalue weighted by Gasteiger charge is -2.28. The molecule has 0 saturated carbocycles. The fourth-order valence-corrected chi connectivity index (χ4v) is 2.57. The number of carbonyl (C=O) groups is 1. The van der Waals surface area contributed by atoms with E-state index in [2.05, 4.69) is 14.9 Å². The monoisotopic (exact) mass is 306 g/mol. The average molecular weight is 306 g/mol. The average Bonchev–Trinajstić information content (AvgIpc) is 2.84. The van der Waals surface area contributed by atoms with E-state index in [9.17, 15) is 4.79 Å². The minimum absolute atomic E-state index is 0.124. The highest BCUT2D eigenvalue weighted by molar-refractivity contribution is 5.68. The summed E-state index contributed by atoms with van der Waals surface area (Å²) >= 11 is 0. The third-order valence-electron chi connectivity index (χ3n) is 3.65. The molecule has 2 rings (SSSR count). The summed E-state index contributed by atoms with van der Waals surface area (Å²) in [6.45, 7) is 11.2. The molecule has 6 heteroatoms. The molecule has 0 bridgehead atoms. The predicted octanol–water partition coefficient (Wildman–Crippen LogP) is 2.54. The van der Waals surface area contributed by atoms with E-state index in [1.807, 2.05) is 40.7 Å². The number of hydrogen-bond donors (Lipinski definition) is 0. The van der Waals surface area contributed by atoms with Gasteiger partial charge in [-0.3, -0.25) is 0 Å². The van der Waals surface area contributed by atoms with Crippen LogP contribution >= 0.6 is 0 Å². The van der Waals surface area contributed by atoms with Crippen molar-refractivity contribution in [3.63, 3.8) is 0 Å². The Labute approximate surface area is 132 Å². The van der Waals surface area contributed by atoms with Gasteiger partial charge in [0.1, 0.15) is 5.60 Å². The first kappa shape index (κ1) is 16.5. The fourth-order valence-electron chi connectivity index (χ4n) is 2.57. The summed E-state index contributed by atoms with van der Waals surface area (Å²) in [6.07, 6.45) is 0.618. The zero-order valence-corrected chi connectivity index (χ0v) is 14.4. The predicted molar refractivity (Wildman–Crippen MR) is 86.1 cm³/mol. The zero-order valence-electron chi connectivity index (χ0n) is 14.4. The molecule has 6 nitrogen and oxygen atoms in total. The second-order valence-electron chi connectivity index (χ2n) is 6.93. The molecule has 0 radical (unpaired) electrons. The van der Waals surface area contributed by atoms with E-state index in [4.69, 9.17) is 4.74 Å². The lowest BCUT2D eigenvalue weighted by atomic mass is 10.2. The third kappa shape index (κ3) is 4.08. The van der Waals surface area contributed by atoms with Crippen LogP contribution in [-0.4, -0.2) is 52.7 Å². The van der Waals surface area contributed by atoms with Crippen LogP contribution in [0.5, 0.6) is 0 Å². The van der Waals surface area contributed by atoms with Crippen LogP contribution in [0.2, 0.25) is 0 Å². The number of aromatic nitrogens is 2. The molecule has 0 aromatic carbocycles. The molecule has 0 spiro atoms. The van der Waals surface area contributed by atoms with Crippen molar-refractivity contribution >= 4 is 12.0 Å². The summed E-state index contributed by atoms with van der Waals surface area (Å²) in [7, 11) is 1.80. The van der Waals surface area contributed by atoms with Crippen molar-refractivity contribution in [3.8, 4) is 0 Å². The highest BCUT2D eigenvalue weighted by Crippen LogP contribution is 2.21. The minimum atomic E-state index is -0.472. The molecular formula is C16H26N4O2. The van der Waals surface area contributed by atoms with Crippen LogP contribution in [0, 0.1) is 13.8 Å². The van der Waals surface area contributed by atoms with Crippen molar-refractivity contribution in [3.05, 3.63) is 17.5 Å². The number of rotatable bonds is 2. The van der Waals surface area contributed by atoms with Gasteiger partial charge in [-0.1, -0.05) is 0 Å². The molecule has 1 aromatic heterocycles. The number of ether oxygens (including phenoxy) is 1. The summed E-state index contributed by atoms with van der Waals surface area (Å²) in [4.78, 5) is 25.0. The maximum Gasteiger partial charge on any atom is 0.410 e. The number of anilines is 1. The molecular weight excluding hydrogens is 280 g/mol. The Balaban J connectivity index is 2.01. The van der Waals surface area contributed by atoms with Crippen LogP contribution in [0.25, 0.3) is 0 Å². The van der Waals surface area contributed by atoms with Crippen molar-refractivity contribution in [2.75, 3.05) is 25.0 Å². The first-order chi connectivity index (χ1) is 10.2. The van der Waals surface area contributed by atoms with Gasteiger partial charge in [0.05, 0.1) is 6.04 Å². The molecule has 1 aliphatic heterocycles. The van der Waals surface area contributed by atoms with Crippen LogP contribution in [0.3, 0.4) is 0 Å². The maximum atomic E-state index is 12.2. The maximum absolute atomic E-state index is 12.2. The molecule has 1 atom stereocenters. The highest BCUT2D eigenvalue weighted by Gasteiger charge is 2.32. The summed E-state index contributed by atoms with van der Waals surface area (Å²) in [5.41, 5.74) is 1.46. The molecule has 0 aliphatic carbocycles. The van der Waals surface area contributed by atoms with Crippen LogP contribution in [-0.2, 0) is 4.74 Å². The molecule has 1 aromatic rings. The minimum Gasteiger partial charge on any atom is -0.444 e. The second-order valence-corrected chi connectivity index (χ2v) is 6.93. The SMILES string of the molecule is Cc1cc(C)nc(N2CCC(N(C)C(=O)OC(C)(C)C)C2)n1. The number of amides is 1. The number of likely N-dealkylation sites (N-methyl/N-ethyl adjacent to an activating group) is 1. The van der Waals surface area contributed by atoms with Crippen LogP contribution < -0.4 is 4.90 Å². The van der Waals surface area contributed by atoms with Crippen LogP contribution in [0.1, 0.15) is 38.6 Å². The molecule has 122 valence electrons. The highest BCUT2D eigenvalue weighted by atomic mass is 16.6. The van der Waals surface area contributed by atoms with Crippen molar-refractivity contribution in [1.29, 1.82) is 0 Å². The van der Waals surface area contributed by atoms with E-state index >= 15 is 0 Å². The lowest BCUT2D eigenvalue weighted by molar-refractivity contribution is 0.0238. The van der Waals surface area contributed by atoms with Gasteiger partial charge in [0, 0.05) is 31.5 Å². The van der Waals surface area contributed by atoms with Crippen LogP contribution in [0.4, 0.5) is 10.7 Å². The number of nitrogens with zero attached hydrogens (tertiary/aromatic N) is 4. The molecule has 2 heterocycles. The first-order valence-corrected chi connectivity index (χ1v) is 7.69. The van der Waals surface area contributed by atoms with Gasteiger partial charge in [-0.05, 0) is 47.1 Å².